The molecule has 0 spiro atoms. The summed E-state index contributed by atoms with van der Waals surface area (Å²) in [5, 5.41) is -0.113. The van der Waals surface area contributed by atoms with Gasteiger partial charge in [0.25, 0.3) is 0 Å². The van der Waals surface area contributed by atoms with Crippen LogP contribution in [0.4, 0.5) is 0 Å². The molecule has 3 aliphatic carbocycles. The highest BCUT2D eigenvalue weighted by molar-refractivity contribution is 6.31. The van der Waals surface area contributed by atoms with Gasteiger partial charge in [-0.15, -0.1) is 23.2 Å². The number of fused-ring (bicyclic) bond motifs is 1. The molecule has 2 N–H and O–H groups in total. The van der Waals surface area contributed by atoms with E-state index in [1.807, 2.05) is 6.08 Å². The number of allylic oxidation sites excluding steroid dienone is 4. The summed E-state index contributed by atoms with van der Waals surface area (Å²) in [4.78, 5) is 0. The summed E-state index contributed by atoms with van der Waals surface area (Å²) in [6.45, 7) is 0. The van der Waals surface area contributed by atoms with Crippen LogP contribution in [-0.2, 0) is 0 Å². The first-order valence-corrected chi connectivity index (χ1v) is 6.43. The van der Waals surface area contributed by atoms with E-state index in [1.54, 1.807) is 0 Å². The predicted octanol–water partition coefficient (Wildman–Crippen LogP) is 2.82. The zero-order chi connectivity index (χ0) is 10.6. The largest absolute Gasteiger partial charge is 0.328 e. The maximum Gasteiger partial charge on any atom is 0.0721 e. The number of hydrogen-bond acceptors (Lipinski definition) is 1. The molecule has 15 heavy (non-hydrogen) atoms. The molecule has 0 aromatic carbocycles. The third-order valence-corrected chi connectivity index (χ3v) is 5.07. The number of hydrogen-bond donors (Lipinski definition) is 1. The zero-order valence-electron chi connectivity index (χ0n) is 8.50. The monoisotopic (exact) mass is 243 g/mol. The smallest absolute Gasteiger partial charge is 0.0721 e. The summed E-state index contributed by atoms with van der Waals surface area (Å²) < 4.78 is 0. The molecule has 0 saturated heterocycles. The number of alkyl halides is 2. The van der Waals surface area contributed by atoms with E-state index in [9.17, 15) is 0 Å². The van der Waals surface area contributed by atoms with Crippen molar-refractivity contribution in [2.24, 2.45) is 17.1 Å². The van der Waals surface area contributed by atoms with Gasteiger partial charge in [0.05, 0.1) is 10.8 Å². The molecule has 82 valence electrons. The van der Waals surface area contributed by atoms with E-state index in [2.05, 4.69) is 12.2 Å². The molecule has 0 aromatic heterocycles. The van der Waals surface area contributed by atoms with Gasteiger partial charge in [-0.2, -0.15) is 0 Å². The van der Waals surface area contributed by atoms with Crippen LogP contribution in [0.25, 0.3) is 0 Å². The van der Waals surface area contributed by atoms with Gasteiger partial charge in [0.15, 0.2) is 0 Å². The Balaban J connectivity index is 1.85. The van der Waals surface area contributed by atoms with Crippen LogP contribution in [0.2, 0.25) is 0 Å². The molecule has 3 unspecified atom stereocenters. The molecular formula is C12H15Cl2N. The van der Waals surface area contributed by atoms with Crippen LogP contribution < -0.4 is 5.73 Å². The first-order valence-electron chi connectivity index (χ1n) is 5.56. The Bertz CT molecular complexity index is 350. The highest BCUT2D eigenvalue weighted by Crippen LogP contribution is 2.67. The molecule has 3 rings (SSSR count). The van der Waals surface area contributed by atoms with Gasteiger partial charge in [-0.1, -0.05) is 18.2 Å². The van der Waals surface area contributed by atoms with Crippen LogP contribution in [0.15, 0.2) is 23.8 Å². The van der Waals surface area contributed by atoms with Crippen LogP contribution in [-0.4, -0.2) is 16.8 Å². The van der Waals surface area contributed by atoms with Crippen molar-refractivity contribution in [2.45, 2.75) is 36.1 Å². The minimum Gasteiger partial charge on any atom is -0.328 e. The highest BCUT2D eigenvalue weighted by atomic mass is 35.5. The number of rotatable bonds is 1. The summed E-state index contributed by atoms with van der Waals surface area (Å²) in [5.74, 6) is 0.805. The maximum absolute atomic E-state index is 6.17. The van der Waals surface area contributed by atoms with E-state index < -0.39 is 0 Å². The van der Waals surface area contributed by atoms with Crippen molar-refractivity contribution < 1.29 is 0 Å². The molecule has 0 aliphatic heterocycles. The molecule has 3 aliphatic rings. The summed E-state index contributed by atoms with van der Waals surface area (Å²) >= 11 is 12.2. The van der Waals surface area contributed by atoms with Crippen LogP contribution in [0.3, 0.4) is 0 Å². The fourth-order valence-electron chi connectivity index (χ4n) is 3.28. The van der Waals surface area contributed by atoms with Crippen LogP contribution in [0.5, 0.6) is 0 Å². The van der Waals surface area contributed by atoms with Crippen molar-refractivity contribution in [2.75, 3.05) is 0 Å². The number of halogens is 2. The average molecular weight is 244 g/mol. The topological polar surface area (TPSA) is 26.0 Å². The van der Waals surface area contributed by atoms with Gasteiger partial charge in [0, 0.05) is 6.04 Å². The van der Waals surface area contributed by atoms with Crippen molar-refractivity contribution >= 4 is 23.2 Å². The van der Waals surface area contributed by atoms with Crippen molar-refractivity contribution in [3.63, 3.8) is 0 Å². The first kappa shape index (κ1) is 10.2. The average Bonchev–Trinajstić information content (AvgIpc) is 2.75. The van der Waals surface area contributed by atoms with E-state index in [-0.39, 0.29) is 10.8 Å². The maximum atomic E-state index is 6.17. The summed E-state index contributed by atoms with van der Waals surface area (Å²) in [6.07, 6.45) is 9.93. The van der Waals surface area contributed by atoms with E-state index in [0.717, 1.165) is 12.3 Å². The fourth-order valence-corrected chi connectivity index (χ4v) is 3.65. The molecule has 0 heterocycles. The lowest BCUT2D eigenvalue weighted by Crippen LogP contribution is -2.21. The van der Waals surface area contributed by atoms with E-state index in [4.69, 9.17) is 28.9 Å². The number of nitrogens with two attached hydrogens (primary N) is 1. The Kier molecular flexibility index (Phi) is 2.21. The molecule has 0 amide bonds. The van der Waals surface area contributed by atoms with Crippen molar-refractivity contribution in [3.05, 3.63) is 23.8 Å². The van der Waals surface area contributed by atoms with Crippen molar-refractivity contribution in [3.8, 4) is 0 Å². The van der Waals surface area contributed by atoms with Gasteiger partial charge < -0.3 is 5.73 Å². The highest BCUT2D eigenvalue weighted by Gasteiger charge is 2.60. The molecular weight excluding hydrogens is 229 g/mol. The second kappa shape index (κ2) is 3.26. The van der Waals surface area contributed by atoms with Gasteiger partial charge >= 0.3 is 0 Å². The van der Waals surface area contributed by atoms with Gasteiger partial charge in [-0.05, 0) is 36.2 Å². The van der Waals surface area contributed by atoms with Crippen LogP contribution in [0.1, 0.15) is 19.3 Å². The van der Waals surface area contributed by atoms with Gasteiger partial charge in [0.1, 0.15) is 0 Å². The SMILES string of the molecule is NC1C[C@@H]2C[C@]2(C2=CC(Cl)C(Cl)C=C2)C1. The Morgan fingerprint density at radius 2 is 2.07 bits per heavy atom. The molecule has 1 nitrogen and oxygen atoms in total. The first-order chi connectivity index (χ1) is 7.12. The quantitative estimate of drug-likeness (QED) is 0.705. The van der Waals surface area contributed by atoms with Crippen molar-refractivity contribution in [1.82, 2.24) is 0 Å². The fraction of sp³-hybridized carbons (Fsp3) is 0.667. The van der Waals surface area contributed by atoms with Crippen LogP contribution in [0, 0.1) is 11.3 Å². The molecule has 2 fully saturated rings. The standard InChI is InChI=1S/C12H15Cl2N/c13-10-2-1-7(4-11(10)14)12-5-8(12)3-9(15)6-12/h1-2,4,8-11H,3,5-6,15H2/t8-,9?,10?,11?,12-/m1/s1. The minimum atomic E-state index is -0.0564. The Morgan fingerprint density at radius 1 is 1.27 bits per heavy atom. The summed E-state index contributed by atoms with van der Waals surface area (Å²) in [7, 11) is 0. The van der Waals surface area contributed by atoms with E-state index in [0.29, 0.717) is 11.5 Å². The Hall–Kier alpha value is 0.0200. The summed E-state index contributed by atoms with van der Waals surface area (Å²) in [5.41, 5.74) is 7.76. The lowest BCUT2D eigenvalue weighted by molar-refractivity contribution is 0.543. The van der Waals surface area contributed by atoms with Crippen molar-refractivity contribution in [1.29, 1.82) is 0 Å². The van der Waals surface area contributed by atoms with Gasteiger partial charge in [0.2, 0.25) is 0 Å². The molecule has 5 atom stereocenters. The minimum absolute atomic E-state index is 0.0564. The second-order valence-electron chi connectivity index (χ2n) is 5.13. The molecule has 0 bridgehead atoms. The van der Waals surface area contributed by atoms with E-state index >= 15 is 0 Å². The Labute approximate surface area is 100 Å². The lowest BCUT2D eigenvalue weighted by Gasteiger charge is -2.22. The third-order valence-electron chi connectivity index (χ3n) is 4.12. The summed E-state index contributed by atoms with van der Waals surface area (Å²) in [6, 6.07) is 0.389. The van der Waals surface area contributed by atoms with Gasteiger partial charge in [-0.25, -0.2) is 0 Å². The van der Waals surface area contributed by atoms with Crippen LogP contribution >= 0.6 is 23.2 Å². The molecule has 2 saturated carbocycles. The second-order valence-corrected chi connectivity index (χ2v) is 6.13. The molecule has 0 aromatic rings. The van der Waals surface area contributed by atoms with Gasteiger partial charge in [-0.3, -0.25) is 0 Å². The predicted molar refractivity (Wildman–Crippen MR) is 64.3 cm³/mol. The molecule has 3 heteroatoms. The Morgan fingerprint density at radius 3 is 2.67 bits per heavy atom. The zero-order valence-corrected chi connectivity index (χ0v) is 10.0. The van der Waals surface area contributed by atoms with E-state index in [1.165, 1.54) is 18.4 Å². The normalized spacial score (nSPS) is 52.6. The molecule has 0 radical (unpaired) electrons. The third kappa shape index (κ3) is 1.48. The lowest BCUT2D eigenvalue weighted by atomic mass is 9.88.